The monoisotopic (exact) mass is 325 g/mol. The summed E-state index contributed by atoms with van der Waals surface area (Å²) in [7, 11) is 0. The number of benzene rings is 2. The van der Waals surface area contributed by atoms with Gasteiger partial charge in [0.1, 0.15) is 12.0 Å². The van der Waals surface area contributed by atoms with Crippen molar-refractivity contribution >= 4 is 52.1 Å². The molecule has 0 radical (unpaired) electrons. The first kappa shape index (κ1) is 13.4. The molecule has 0 spiro atoms. The maximum absolute atomic E-state index is 11.1. The van der Waals surface area contributed by atoms with E-state index in [0.29, 0.717) is 16.4 Å². The molecule has 0 saturated carbocycles. The van der Waals surface area contributed by atoms with Gasteiger partial charge >= 0.3 is 0 Å². The minimum atomic E-state index is -2.32. The van der Waals surface area contributed by atoms with Crippen molar-refractivity contribution in [2.75, 3.05) is 10.2 Å². The molecule has 0 saturated heterocycles. The van der Waals surface area contributed by atoms with E-state index in [1.807, 2.05) is 30.3 Å². The second-order valence-electron chi connectivity index (χ2n) is 4.27. The second kappa shape index (κ2) is 4.74. The fourth-order valence-corrected chi connectivity index (χ4v) is 5.18. The lowest BCUT2D eigenvalue weighted by Crippen LogP contribution is -2.12. The number of hydrogen-bond donors (Lipinski definition) is 2. The molecule has 0 aromatic heterocycles. The van der Waals surface area contributed by atoms with Crippen molar-refractivity contribution < 1.29 is 4.92 Å². The van der Waals surface area contributed by atoms with Crippen LogP contribution in [-0.4, -0.2) is 4.92 Å². The summed E-state index contributed by atoms with van der Waals surface area (Å²) >= 11 is 11.6. The minimum Gasteiger partial charge on any atom is -0.337 e. The van der Waals surface area contributed by atoms with Crippen molar-refractivity contribution in [3.63, 3.8) is 0 Å². The number of nitro benzene ring substituents is 1. The van der Waals surface area contributed by atoms with Gasteiger partial charge in [-0.05, 0) is 17.9 Å². The van der Waals surface area contributed by atoms with Gasteiger partial charge in [-0.25, -0.2) is 0 Å². The van der Waals surface area contributed by atoms with Gasteiger partial charge in [-0.1, -0.05) is 41.9 Å². The molecule has 3 rings (SSSR count). The maximum atomic E-state index is 11.1. The van der Waals surface area contributed by atoms with Crippen LogP contribution in [0.25, 0.3) is 0 Å². The highest BCUT2D eigenvalue weighted by atomic mass is 35.5. The first-order valence-corrected chi connectivity index (χ1v) is 8.88. The van der Waals surface area contributed by atoms with E-state index >= 15 is 0 Å². The topological polar surface area (TPSA) is 67.2 Å². The molecule has 2 aromatic rings. The fourth-order valence-electron chi connectivity index (χ4n) is 2.06. The molecule has 1 aliphatic heterocycles. The molecule has 2 N–H and O–H groups in total. The van der Waals surface area contributed by atoms with Gasteiger partial charge < -0.3 is 10.2 Å². The van der Waals surface area contributed by atoms with Crippen molar-refractivity contribution in [2.24, 2.45) is 0 Å². The number of halogens is 1. The Bertz CT molecular complexity index is 754. The third-order valence-electron chi connectivity index (χ3n) is 2.95. The number of hydrogen-bond acceptors (Lipinski definition) is 3. The molecule has 2 aromatic carbocycles. The van der Waals surface area contributed by atoms with Crippen LogP contribution < -0.4 is 15.5 Å². The van der Waals surface area contributed by atoms with Gasteiger partial charge in [-0.2, -0.15) is 0 Å². The van der Waals surface area contributed by atoms with E-state index in [4.69, 9.17) is 23.4 Å². The van der Waals surface area contributed by atoms with Gasteiger partial charge in [0, 0.05) is 16.4 Å². The summed E-state index contributed by atoms with van der Waals surface area (Å²) in [4.78, 5) is 10.7. The van der Waals surface area contributed by atoms with Gasteiger partial charge in [-0.3, -0.25) is 10.1 Å². The highest BCUT2D eigenvalue weighted by Gasteiger charge is 2.33. The van der Waals surface area contributed by atoms with Gasteiger partial charge in [0.2, 0.25) is 0 Å². The molecular formula is C12H9ClN3O2PS. The predicted molar refractivity (Wildman–Crippen MR) is 85.7 cm³/mol. The molecule has 0 fully saturated rings. The van der Waals surface area contributed by atoms with E-state index in [2.05, 4.69) is 10.2 Å². The van der Waals surface area contributed by atoms with Crippen molar-refractivity contribution in [2.45, 2.75) is 0 Å². The molecule has 0 aliphatic carbocycles. The molecule has 0 bridgehead atoms. The third-order valence-corrected chi connectivity index (χ3v) is 6.46. The third kappa shape index (κ3) is 2.16. The van der Waals surface area contributed by atoms with E-state index in [9.17, 15) is 10.1 Å². The van der Waals surface area contributed by atoms with Crippen molar-refractivity contribution in [3.05, 3.63) is 57.6 Å². The number of anilines is 2. The first-order valence-electron chi connectivity index (χ1n) is 5.70. The molecule has 1 unspecified atom stereocenters. The molecule has 102 valence electrons. The highest BCUT2D eigenvalue weighted by molar-refractivity contribution is 8.19. The van der Waals surface area contributed by atoms with Gasteiger partial charge in [0.05, 0.1) is 10.6 Å². The molecular weight excluding hydrogens is 317 g/mol. The molecule has 0 amide bonds. The molecule has 5 nitrogen and oxygen atoms in total. The molecule has 1 aliphatic rings. The van der Waals surface area contributed by atoms with Crippen LogP contribution in [0, 0.1) is 10.1 Å². The van der Waals surface area contributed by atoms with Gasteiger partial charge in [0.15, 0.2) is 0 Å². The van der Waals surface area contributed by atoms with Crippen LogP contribution in [0.3, 0.4) is 0 Å². The van der Waals surface area contributed by atoms with Crippen LogP contribution in [-0.2, 0) is 11.8 Å². The zero-order chi connectivity index (χ0) is 14.3. The molecule has 1 heterocycles. The van der Waals surface area contributed by atoms with Crippen molar-refractivity contribution in [1.82, 2.24) is 0 Å². The Morgan fingerprint density at radius 2 is 1.90 bits per heavy atom. The molecule has 20 heavy (non-hydrogen) atoms. The Hall–Kier alpha value is -1.62. The Morgan fingerprint density at radius 3 is 2.55 bits per heavy atom. The van der Waals surface area contributed by atoms with Gasteiger partial charge in [0.25, 0.3) is 5.69 Å². The largest absolute Gasteiger partial charge is 0.337 e. The summed E-state index contributed by atoms with van der Waals surface area (Å²) in [5, 5.41) is 18.6. The van der Waals surface area contributed by atoms with E-state index in [-0.39, 0.29) is 5.69 Å². The molecule has 1 atom stereocenters. The zero-order valence-corrected chi connectivity index (χ0v) is 12.5. The summed E-state index contributed by atoms with van der Waals surface area (Å²) < 4.78 is 0. The number of fused-ring (bicyclic) bond motifs is 1. The van der Waals surface area contributed by atoms with E-state index in [1.54, 1.807) is 6.07 Å². The summed E-state index contributed by atoms with van der Waals surface area (Å²) in [6.45, 7) is 0. The number of nitrogens with zero attached hydrogens (tertiary/aromatic N) is 1. The maximum Gasteiger partial charge on any atom is 0.296 e. The van der Waals surface area contributed by atoms with Crippen LogP contribution in [0.1, 0.15) is 0 Å². The fraction of sp³-hybridized carbons (Fsp3) is 0. The van der Waals surface area contributed by atoms with Crippen LogP contribution in [0.15, 0.2) is 42.5 Å². The standard InChI is InChI=1S/C12H9ClN3O2PS/c13-8-6-10-12(11(7-8)16(17)18)15-19(20,14-10)9-4-2-1-3-5-9/h1-7H,(H2,14,15,20). The minimum absolute atomic E-state index is 0.0670. The van der Waals surface area contributed by atoms with Crippen LogP contribution >= 0.6 is 17.9 Å². The number of nitrogens with one attached hydrogen (secondary N) is 2. The lowest BCUT2D eigenvalue weighted by molar-refractivity contribution is -0.383. The Morgan fingerprint density at radius 1 is 1.20 bits per heavy atom. The van der Waals surface area contributed by atoms with E-state index in [0.717, 1.165) is 5.30 Å². The Kier molecular flexibility index (Phi) is 3.17. The van der Waals surface area contributed by atoms with E-state index < -0.39 is 11.3 Å². The number of nitro groups is 1. The van der Waals surface area contributed by atoms with Crippen LogP contribution in [0.2, 0.25) is 5.02 Å². The summed E-state index contributed by atoms with van der Waals surface area (Å²) in [5.41, 5.74) is 0.922. The van der Waals surface area contributed by atoms with Gasteiger partial charge in [-0.15, -0.1) is 0 Å². The summed E-state index contributed by atoms with van der Waals surface area (Å²) in [5.74, 6) is 0. The normalized spacial score (nSPS) is 19.9. The lowest BCUT2D eigenvalue weighted by atomic mass is 10.2. The zero-order valence-electron chi connectivity index (χ0n) is 10.0. The van der Waals surface area contributed by atoms with Crippen LogP contribution in [0.5, 0.6) is 0 Å². The van der Waals surface area contributed by atoms with Crippen LogP contribution in [0.4, 0.5) is 17.1 Å². The smallest absolute Gasteiger partial charge is 0.296 e. The molecule has 8 heteroatoms. The average Bonchev–Trinajstić information content (AvgIpc) is 2.76. The Labute approximate surface area is 125 Å². The average molecular weight is 326 g/mol. The SMILES string of the molecule is O=[N+]([O-])c1cc(Cl)cc2c1NP(=S)(c1ccccc1)N2. The van der Waals surface area contributed by atoms with Crippen molar-refractivity contribution in [3.8, 4) is 0 Å². The summed E-state index contributed by atoms with van der Waals surface area (Å²) in [6, 6.07) is 12.4. The highest BCUT2D eigenvalue weighted by Crippen LogP contribution is 2.56. The predicted octanol–water partition coefficient (Wildman–Crippen LogP) is 3.72. The number of rotatable bonds is 2. The van der Waals surface area contributed by atoms with E-state index in [1.165, 1.54) is 6.07 Å². The quantitative estimate of drug-likeness (QED) is 0.500. The second-order valence-corrected chi connectivity index (χ2v) is 8.53. The Balaban J connectivity index is 2.11. The first-order chi connectivity index (χ1) is 9.49. The van der Waals surface area contributed by atoms with Crippen molar-refractivity contribution in [1.29, 1.82) is 0 Å². The summed E-state index contributed by atoms with van der Waals surface area (Å²) in [6.07, 6.45) is -2.32. The lowest BCUT2D eigenvalue weighted by Gasteiger charge is -2.17.